The molecule has 1 N–H and O–H groups in total. The summed E-state index contributed by atoms with van der Waals surface area (Å²) in [4.78, 5) is 15.3. The van der Waals surface area contributed by atoms with Gasteiger partial charge in [0.15, 0.2) is 5.69 Å². The van der Waals surface area contributed by atoms with Gasteiger partial charge in [0.1, 0.15) is 6.07 Å². The maximum atomic E-state index is 11.3. The van der Waals surface area contributed by atoms with E-state index in [4.69, 9.17) is 5.26 Å². The van der Waals surface area contributed by atoms with Crippen molar-refractivity contribution in [2.45, 2.75) is 18.8 Å². The Balaban J connectivity index is 1.92. The summed E-state index contributed by atoms with van der Waals surface area (Å²) < 4.78 is 1.66. The van der Waals surface area contributed by atoms with Gasteiger partial charge in [-0.3, -0.25) is 4.98 Å². The second-order valence-electron chi connectivity index (χ2n) is 5.28. The van der Waals surface area contributed by atoms with Crippen LogP contribution in [0.25, 0.3) is 5.69 Å². The predicted molar refractivity (Wildman–Crippen MR) is 67.6 cm³/mol. The lowest BCUT2D eigenvalue weighted by Gasteiger charge is -2.05. The number of fused-ring (bicyclic) bond motifs is 3. The number of hydrogen-bond donors (Lipinski definition) is 1. The van der Waals surface area contributed by atoms with Gasteiger partial charge in [0.05, 0.1) is 23.1 Å². The van der Waals surface area contributed by atoms with E-state index in [0.717, 1.165) is 24.1 Å². The van der Waals surface area contributed by atoms with Crippen molar-refractivity contribution in [2.24, 2.45) is 5.92 Å². The van der Waals surface area contributed by atoms with E-state index in [0.29, 0.717) is 23.1 Å². The van der Waals surface area contributed by atoms with Crippen LogP contribution in [0, 0.1) is 17.2 Å². The lowest BCUT2D eigenvalue weighted by Crippen LogP contribution is -2.05. The van der Waals surface area contributed by atoms with Gasteiger partial charge in [0.25, 0.3) is 0 Å². The van der Waals surface area contributed by atoms with Crippen molar-refractivity contribution in [3.8, 4) is 11.8 Å². The monoisotopic (exact) mass is 266 g/mol. The van der Waals surface area contributed by atoms with E-state index in [1.54, 1.807) is 16.9 Å². The van der Waals surface area contributed by atoms with Gasteiger partial charge >= 0.3 is 5.97 Å². The molecule has 2 aliphatic rings. The molecule has 2 aromatic rings. The molecule has 98 valence electrons. The summed E-state index contributed by atoms with van der Waals surface area (Å²) in [5.41, 5.74) is 3.06. The molecular weight excluding hydrogens is 256 g/mol. The standard InChI is InChI=1S/C14H10N4O2/c15-4-7-1-9(6-16-5-7)18-13-10-2-8(10)3-11(13)12(17-18)14(19)20/h1,5-6,8,10H,2-3H2,(H,19,20)/t8-,10-/m1/s1. The second kappa shape index (κ2) is 3.67. The first kappa shape index (κ1) is 11.2. The zero-order valence-electron chi connectivity index (χ0n) is 10.4. The summed E-state index contributed by atoms with van der Waals surface area (Å²) in [7, 11) is 0. The molecule has 0 radical (unpaired) electrons. The fourth-order valence-electron chi connectivity index (χ4n) is 3.09. The number of carboxylic acids is 1. The predicted octanol–water partition coefficient (Wildman–Crippen LogP) is 1.50. The number of carboxylic acid groups (broad SMARTS) is 1. The Morgan fingerprint density at radius 2 is 2.35 bits per heavy atom. The number of aromatic nitrogens is 3. The lowest BCUT2D eigenvalue weighted by atomic mass is 10.1. The van der Waals surface area contributed by atoms with Crippen LogP contribution in [0.2, 0.25) is 0 Å². The SMILES string of the molecule is N#Cc1cncc(-n2nc(C(=O)O)c3c2[C@@H]2C[C@@H]2C3)c1. The molecule has 0 aliphatic heterocycles. The molecule has 2 heterocycles. The number of carbonyl (C=O) groups is 1. The minimum Gasteiger partial charge on any atom is -0.476 e. The van der Waals surface area contributed by atoms with Gasteiger partial charge in [-0.1, -0.05) is 0 Å². The third-order valence-electron chi connectivity index (χ3n) is 4.06. The molecule has 1 fully saturated rings. The molecule has 0 spiro atoms. The molecule has 2 aromatic heterocycles. The molecule has 4 rings (SSSR count). The summed E-state index contributed by atoms with van der Waals surface area (Å²) in [5, 5.41) is 22.4. The third-order valence-corrected chi connectivity index (χ3v) is 4.06. The first-order chi connectivity index (χ1) is 9.69. The summed E-state index contributed by atoms with van der Waals surface area (Å²) in [6.45, 7) is 0. The number of hydrogen-bond acceptors (Lipinski definition) is 4. The molecule has 2 aliphatic carbocycles. The molecule has 20 heavy (non-hydrogen) atoms. The van der Waals surface area contributed by atoms with Crippen molar-refractivity contribution in [3.05, 3.63) is 41.0 Å². The van der Waals surface area contributed by atoms with Crippen LogP contribution < -0.4 is 0 Å². The van der Waals surface area contributed by atoms with E-state index in [-0.39, 0.29) is 5.69 Å². The molecule has 2 atom stereocenters. The molecule has 0 saturated heterocycles. The Morgan fingerprint density at radius 1 is 1.50 bits per heavy atom. The number of pyridine rings is 1. The van der Waals surface area contributed by atoms with Crippen molar-refractivity contribution < 1.29 is 9.90 Å². The van der Waals surface area contributed by atoms with E-state index < -0.39 is 5.97 Å². The molecular formula is C14H10N4O2. The van der Waals surface area contributed by atoms with E-state index in [1.165, 1.54) is 6.20 Å². The Bertz CT molecular complexity index is 787. The zero-order chi connectivity index (χ0) is 13.9. The number of rotatable bonds is 2. The molecule has 6 heteroatoms. The molecule has 1 saturated carbocycles. The zero-order valence-corrected chi connectivity index (χ0v) is 10.4. The van der Waals surface area contributed by atoms with E-state index >= 15 is 0 Å². The highest BCUT2D eigenvalue weighted by Crippen LogP contribution is 2.57. The fraction of sp³-hybridized carbons (Fsp3) is 0.286. The first-order valence-electron chi connectivity index (χ1n) is 6.39. The highest BCUT2D eigenvalue weighted by Gasteiger charge is 2.50. The number of aromatic carboxylic acids is 1. The van der Waals surface area contributed by atoms with Crippen molar-refractivity contribution in [1.29, 1.82) is 5.26 Å². The van der Waals surface area contributed by atoms with Gasteiger partial charge in [-0.15, -0.1) is 0 Å². The van der Waals surface area contributed by atoms with Crippen molar-refractivity contribution in [3.63, 3.8) is 0 Å². The topological polar surface area (TPSA) is 91.8 Å². The smallest absolute Gasteiger partial charge is 0.356 e. The quantitative estimate of drug-likeness (QED) is 0.889. The average molecular weight is 266 g/mol. The average Bonchev–Trinajstić information content (AvgIpc) is 2.95. The first-order valence-corrected chi connectivity index (χ1v) is 6.39. The molecule has 0 bridgehead atoms. The van der Waals surface area contributed by atoms with E-state index in [2.05, 4.69) is 10.1 Å². The van der Waals surface area contributed by atoms with Crippen LogP contribution in [0.5, 0.6) is 0 Å². The largest absolute Gasteiger partial charge is 0.476 e. The Morgan fingerprint density at radius 3 is 3.10 bits per heavy atom. The van der Waals surface area contributed by atoms with Crippen LogP contribution >= 0.6 is 0 Å². The summed E-state index contributed by atoms with van der Waals surface area (Å²) in [6, 6.07) is 3.72. The highest BCUT2D eigenvalue weighted by molar-refractivity contribution is 5.88. The molecule has 0 amide bonds. The van der Waals surface area contributed by atoms with Gasteiger partial charge < -0.3 is 5.11 Å². The lowest BCUT2D eigenvalue weighted by molar-refractivity contribution is 0.0688. The van der Waals surface area contributed by atoms with Crippen LogP contribution in [0.1, 0.15) is 39.6 Å². The van der Waals surface area contributed by atoms with E-state index in [1.807, 2.05) is 6.07 Å². The summed E-state index contributed by atoms with van der Waals surface area (Å²) in [5.74, 6) is -0.0125. The maximum Gasteiger partial charge on any atom is 0.356 e. The van der Waals surface area contributed by atoms with Crippen LogP contribution in [-0.2, 0) is 6.42 Å². The Labute approximate surface area is 114 Å². The van der Waals surface area contributed by atoms with Gasteiger partial charge in [-0.25, -0.2) is 9.48 Å². The molecule has 0 aromatic carbocycles. The van der Waals surface area contributed by atoms with Gasteiger partial charge in [0, 0.05) is 17.7 Å². The second-order valence-corrected chi connectivity index (χ2v) is 5.28. The molecule has 0 unspecified atom stereocenters. The van der Waals surface area contributed by atoms with Crippen molar-refractivity contribution in [2.75, 3.05) is 0 Å². The number of nitrogens with zero attached hydrogens (tertiary/aromatic N) is 4. The maximum absolute atomic E-state index is 11.3. The van der Waals surface area contributed by atoms with Gasteiger partial charge in [-0.2, -0.15) is 10.4 Å². The Kier molecular flexibility index (Phi) is 2.05. The Hall–Kier alpha value is -2.68. The van der Waals surface area contributed by atoms with Crippen LogP contribution in [0.3, 0.4) is 0 Å². The highest BCUT2D eigenvalue weighted by atomic mass is 16.4. The summed E-state index contributed by atoms with van der Waals surface area (Å²) >= 11 is 0. The minimum absolute atomic E-state index is 0.134. The normalized spacial score (nSPS) is 21.9. The summed E-state index contributed by atoms with van der Waals surface area (Å²) in [6.07, 6.45) is 4.98. The van der Waals surface area contributed by atoms with Crippen LogP contribution in [0.4, 0.5) is 0 Å². The number of nitriles is 1. The molecule has 6 nitrogen and oxygen atoms in total. The van der Waals surface area contributed by atoms with Gasteiger partial charge in [0.2, 0.25) is 0 Å². The van der Waals surface area contributed by atoms with Crippen molar-refractivity contribution >= 4 is 5.97 Å². The van der Waals surface area contributed by atoms with Gasteiger partial charge in [-0.05, 0) is 24.8 Å². The fourth-order valence-corrected chi connectivity index (χ4v) is 3.09. The third kappa shape index (κ3) is 1.40. The van der Waals surface area contributed by atoms with E-state index in [9.17, 15) is 9.90 Å². The van der Waals surface area contributed by atoms with Crippen LogP contribution in [-0.4, -0.2) is 25.8 Å². The van der Waals surface area contributed by atoms with Crippen LogP contribution in [0.15, 0.2) is 18.5 Å². The minimum atomic E-state index is -0.995. The van der Waals surface area contributed by atoms with Crippen molar-refractivity contribution in [1.82, 2.24) is 14.8 Å².